The molecule has 2 atom stereocenters. The summed E-state index contributed by atoms with van der Waals surface area (Å²) in [5.41, 5.74) is 5.60. The van der Waals surface area contributed by atoms with Crippen LogP contribution < -0.4 is 11.1 Å². The van der Waals surface area contributed by atoms with Gasteiger partial charge in [-0.15, -0.1) is 0 Å². The smallest absolute Gasteiger partial charge is 0.237 e. The summed E-state index contributed by atoms with van der Waals surface area (Å²) in [6, 6.07) is 0.225. The molecule has 19 heavy (non-hydrogen) atoms. The lowest BCUT2D eigenvalue weighted by atomic mass is 10.2. The maximum atomic E-state index is 12.1. The number of rotatable bonds is 6. The quantitative estimate of drug-likeness (QED) is 0.726. The summed E-state index contributed by atoms with van der Waals surface area (Å²) < 4.78 is 0. The molecule has 1 aliphatic rings. The first kappa shape index (κ1) is 16.4. The molecule has 5 heteroatoms. The average Bonchev–Trinajstić information content (AvgIpc) is 2.63. The third kappa shape index (κ3) is 5.47. The van der Waals surface area contributed by atoms with Gasteiger partial charge in [-0.1, -0.05) is 6.92 Å². The average molecular weight is 270 g/mol. The van der Waals surface area contributed by atoms with E-state index in [4.69, 9.17) is 5.73 Å². The van der Waals surface area contributed by atoms with Crippen molar-refractivity contribution in [1.29, 1.82) is 0 Å². The van der Waals surface area contributed by atoms with E-state index in [-0.39, 0.29) is 18.0 Å². The summed E-state index contributed by atoms with van der Waals surface area (Å²) in [7, 11) is 0. The van der Waals surface area contributed by atoms with Gasteiger partial charge in [0.05, 0.1) is 6.04 Å². The summed E-state index contributed by atoms with van der Waals surface area (Å²) in [5.74, 6) is 0.154. The highest BCUT2D eigenvalue weighted by Crippen LogP contribution is 2.07. The van der Waals surface area contributed by atoms with Gasteiger partial charge in [0.15, 0.2) is 0 Å². The van der Waals surface area contributed by atoms with E-state index in [2.05, 4.69) is 29.0 Å². The molecule has 0 aromatic heterocycles. The summed E-state index contributed by atoms with van der Waals surface area (Å²) in [5, 5.41) is 3.07. The van der Waals surface area contributed by atoms with E-state index in [1.54, 1.807) is 0 Å². The van der Waals surface area contributed by atoms with Crippen LogP contribution in [0.5, 0.6) is 0 Å². The van der Waals surface area contributed by atoms with E-state index >= 15 is 0 Å². The number of amides is 1. The number of nitrogens with zero attached hydrogens (tertiary/aromatic N) is 2. The molecule has 5 nitrogen and oxygen atoms in total. The minimum Gasteiger partial charge on any atom is -0.352 e. The van der Waals surface area contributed by atoms with Crippen molar-refractivity contribution in [1.82, 2.24) is 15.1 Å². The Morgan fingerprint density at radius 2 is 2.00 bits per heavy atom. The molecule has 1 heterocycles. The summed E-state index contributed by atoms with van der Waals surface area (Å²) in [6.07, 6.45) is 2.09. The van der Waals surface area contributed by atoms with Crippen molar-refractivity contribution in [2.75, 3.05) is 39.3 Å². The topological polar surface area (TPSA) is 61.6 Å². The molecule has 1 amide bonds. The number of hydrogen-bond donors (Lipinski definition) is 2. The Hall–Kier alpha value is -0.650. The van der Waals surface area contributed by atoms with Crippen LogP contribution in [0.25, 0.3) is 0 Å². The highest BCUT2D eigenvalue weighted by molar-refractivity contribution is 5.81. The molecule has 1 rings (SSSR count). The fourth-order valence-corrected chi connectivity index (χ4v) is 2.42. The summed E-state index contributed by atoms with van der Waals surface area (Å²) in [4.78, 5) is 16.8. The van der Waals surface area contributed by atoms with Crippen molar-refractivity contribution >= 4 is 5.91 Å². The zero-order chi connectivity index (χ0) is 14.3. The van der Waals surface area contributed by atoms with Gasteiger partial charge in [0.1, 0.15) is 0 Å². The molecule has 1 fully saturated rings. The van der Waals surface area contributed by atoms with Crippen LogP contribution in [-0.2, 0) is 4.79 Å². The van der Waals surface area contributed by atoms with Gasteiger partial charge in [0, 0.05) is 38.8 Å². The Labute approximate surface area is 117 Å². The fraction of sp³-hybridized carbons (Fsp3) is 0.929. The highest BCUT2D eigenvalue weighted by atomic mass is 16.2. The second-order valence-corrected chi connectivity index (χ2v) is 5.51. The molecule has 0 aliphatic carbocycles. The summed E-state index contributed by atoms with van der Waals surface area (Å²) in [6.45, 7) is 11.9. The molecule has 0 aromatic rings. The molecule has 2 unspecified atom stereocenters. The van der Waals surface area contributed by atoms with Gasteiger partial charge < -0.3 is 16.0 Å². The normalized spacial score (nSPS) is 21.7. The Morgan fingerprint density at radius 1 is 1.26 bits per heavy atom. The first-order chi connectivity index (χ1) is 9.08. The molecule has 0 bridgehead atoms. The Morgan fingerprint density at radius 3 is 2.63 bits per heavy atom. The number of nitrogens with one attached hydrogen (secondary N) is 1. The maximum Gasteiger partial charge on any atom is 0.237 e. The maximum absolute atomic E-state index is 12.1. The molecule has 112 valence electrons. The monoisotopic (exact) mass is 270 g/mol. The van der Waals surface area contributed by atoms with Crippen LogP contribution >= 0.6 is 0 Å². The first-order valence-electron chi connectivity index (χ1n) is 7.55. The van der Waals surface area contributed by atoms with Crippen molar-refractivity contribution in [3.8, 4) is 0 Å². The largest absolute Gasteiger partial charge is 0.352 e. The molecular formula is C14H30N4O. The van der Waals surface area contributed by atoms with Crippen LogP contribution in [0.3, 0.4) is 0 Å². The molecular weight excluding hydrogens is 240 g/mol. The molecule has 1 aliphatic heterocycles. The van der Waals surface area contributed by atoms with Crippen molar-refractivity contribution in [2.45, 2.75) is 45.7 Å². The second-order valence-electron chi connectivity index (χ2n) is 5.51. The van der Waals surface area contributed by atoms with Crippen LogP contribution in [0.4, 0.5) is 0 Å². The van der Waals surface area contributed by atoms with Crippen molar-refractivity contribution in [2.24, 2.45) is 5.73 Å². The minimum atomic E-state index is -0.0353. The zero-order valence-corrected chi connectivity index (χ0v) is 12.7. The first-order valence-corrected chi connectivity index (χ1v) is 7.55. The molecule has 3 N–H and O–H groups in total. The SMILES string of the molecule is CCC(C)NC(=O)C(C)N1CCCN(CCN)CC1. The van der Waals surface area contributed by atoms with Gasteiger partial charge in [-0.05, 0) is 33.2 Å². The fourth-order valence-electron chi connectivity index (χ4n) is 2.42. The third-order valence-corrected chi connectivity index (χ3v) is 4.00. The molecule has 0 spiro atoms. The standard InChI is InChI=1S/C14H30N4O/c1-4-12(2)16-14(19)13(3)18-8-5-7-17(9-6-15)10-11-18/h12-13H,4-11,15H2,1-3H3,(H,16,19). The van der Waals surface area contributed by atoms with Crippen LogP contribution in [-0.4, -0.2) is 67.1 Å². The van der Waals surface area contributed by atoms with Gasteiger partial charge >= 0.3 is 0 Å². The molecule has 0 aromatic carbocycles. The second kappa shape index (κ2) is 8.51. The van der Waals surface area contributed by atoms with Gasteiger partial charge in [-0.2, -0.15) is 0 Å². The van der Waals surface area contributed by atoms with E-state index in [0.717, 1.165) is 45.6 Å². The predicted octanol–water partition coefficient (Wildman–Crippen LogP) is 0.256. The van der Waals surface area contributed by atoms with Gasteiger partial charge in [0.2, 0.25) is 5.91 Å². The Balaban J connectivity index is 2.43. The number of carbonyl (C=O) groups excluding carboxylic acids is 1. The van der Waals surface area contributed by atoms with Gasteiger partial charge in [-0.25, -0.2) is 0 Å². The van der Waals surface area contributed by atoms with Crippen molar-refractivity contribution < 1.29 is 4.79 Å². The molecule has 1 saturated heterocycles. The molecule has 0 radical (unpaired) electrons. The lowest BCUT2D eigenvalue weighted by molar-refractivity contribution is -0.126. The number of hydrogen-bond acceptors (Lipinski definition) is 4. The van der Waals surface area contributed by atoms with Gasteiger partial charge in [-0.3, -0.25) is 9.69 Å². The van der Waals surface area contributed by atoms with Gasteiger partial charge in [0.25, 0.3) is 0 Å². The van der Waals surface area contributed by atoms with Crippen LogP contribution in [0.2, 0.25) is 0 Å². The minimum absolute atomic E-state index is 0.0353. The summed E-state index contributed by atoms with van der Waals surface area (Å²) >= 11 is 0. The number of nitrogens with two attached hydrogens (primary N) is 1. The van der Waals surface area contributed by atoms with E-state index in [9.17, 15) is 4.79 Å². The van der Waals surface area contributed by atoms with Crippen LogP contribution in [0.15, 0.2) is 0 Å². The Bertz CT molecular complexity index is 272. The van der Waals surface area contributed by atoms with Crippen LogP contribution in [0, 0.1) is 0 Å². The zero-order valence-electron chi connectivity index (χ0n) is 12.7. The van der Waals surface area contributed by atoms with E-state index in [1.165, 1.54) is 0 Å². The lowest BCUT2D eigenvalue weighted by Gasteiger charge is -2.28. The van der Waals surface area contributed by atoms with Crippen molar-refractivity contribution in [3.05, 3.63) is 0 Å². The highest BCUT2D eigenvalue weighted by Gasteiger charge is 2.24. The van der Waals surface area contributed by atoms with Crippen LogP contribution in [0.1, 0.15) is 33.6 Å². The lowest BCUT2D eigenvalue weighted by Crippen LogP contribution is -2.48. The van der Waals surface area contributed by atoms with E-state index in [1.807, 2.05) is 6.92 Å². The predicted molar refractivity (Wildman–Crippen MR) is 79.0 cm³/mol. The van der Waals surface area contributed by atoms with E-state index < -0.39 is 0 Å². The van der Waals surface area contributed by atoms with Crippen molar-refractivity contribution in [3.63, 3.8) is 0 Å². The molecule has 0 saturated carbocycles. The van der Waals surface area contributed by atoms with E-state index in [0.29, 0.717) is 6.54 Å². The number of carbonyl (C=O) groups is 1. The third-order valence-electron chi connectivity index (χ3n) is 4.00. The Kier molecular flexibility index (Phi) is 7.34.